The number of nitrogens with zero attached hydrogens (tertiary/aromatic N) is 1. The van der Waals surface area contributed by atoms with Gasteiger partial charge in [0.1, 0.15) is 23.8 Å². The van der Waals surface area contributed by atoms with Gasteiger partial charge in [0, 0.05) is 16.9 Å². The van der Waals surface area contributed by atoms with Gasteiger partial charge in [-0.2, -0.15) is 0 Å². The molecular formula is C28H25FN4O5. The fourth-order valence-electron chi connectivity index (χ4n) is 3.76. The monoisotopic (exact) mass is 516 g/mol. The van der Waals surface area contributed by atoms with E-state index >= 15 is 0 Å². The Morgan fingerprint density at radius 1 is 0.947 bits per heavy atom. The molecule has 3 aromatic carbocycles. The van der Waals surface area contributed by atoms with E-state index in [1.807, 2.05) is 19.1 Å². The lowest BCUT2D eigenvalue weighted by molar-refractivity contribution is -0.127. The number of carbonyl (C=O) groups is 4. The van der Waals surface area contributed by atoms with Crippen LogP contribution in [0.25, 0.3) is 6.08 Å². The summed E-state index contributed by atoms with van der Waals surface area (Å²) < 4.78 is 18.7. The Morgan fingerprint density at radius 2 is 1.66 bits per heavy atom. The number of benzene rings is 3. The summed E-state index contributed by atoms with van der Waals surface area (Å²) in [5.74, 6) is -1.77. The van der Waals surface area contributed by atoms with E-state index in [-0.39, 0.29) is 12.3 Å². The Kier molecular flexibility index (Phi) is 8.12. The van der Waals surface area contributed by atoms with Gasteiger partial charge in [0.25, 0.3) is 11.8 Å². The molecule has 0 aliphatic carbocycles. The van der Waals surface area contributed by atoms with Crippen LogP contribution in [-0.4, -0.2) is 41.8 Å². The third-order valence-corrected chi connectivity index (χ3v) is 5.64. The Labute approximate surface area is 218 Å². The SMILES string of the molecule is CCc1ccccc1NC(=O)CN1C(=O)N/C(=C/c2ccccc2OCC(=O)Nc2ccc(F)cc2)C1=O. The number of para-hydroxylation sites is 2. The van der Waals surface area contributed by atoms with Crippen LogP contribution in [-0.2, 0) is 20.8 Å². The lowest BCUT2D eigenvalue weighted by Gasteiger charge is -2.13. The van der Waals surface area contributed by atoms with Gasteiger partial charge >= 0.3 is 6.03 Å². The van der Waals surface area contributed by atoms with Crippen molar-refractivity contribution in [1.29, 1.82) is 0 Å². The van der Waals surface area contributed by atoms with Crippen LogP contribution in [0.3, 0.4) is 0 Å². The van der Waals surface area contributed by atoms with Crippen LogP contribution in [0.4, 0.5) is 20.6 Å². The van der Waals surface area contributed by atoms with Crippen LogP contribution in [0.15, 0.2) is 78.5 Å². The lowest BCUT2D eigenvalue weighted by Crippen LogP contribution is -2.38. The van der Waals surface area contributed by atoms with Crippen LogP contribution in [0.2, 0.25) is 0 Å². The minimum Gasteiger partial charge on any atom is -0.483 e. The summed E-state index contributed by atoms with van der Waals surface area (Å²) in [6, 6.07) is 18.5. The first-order valence-corrected chi connectivity index (χ1v) is 11.8. The molecule has 0 spiro atoms. The highest BCUT2D eigenvalue weighted by atomic mass is 19.1. The summed E-state index contributed by atoms with van der Waals surface area (Å²) in [5, 5.41) is 7.81. The summed E-state index contributed by atoms with van der Waals surface area (Å²) in [7, 11) is 0. The predicted octanol–water partition coefficient (Wildman–Crippen LogP) is 3.94. The first-order valence-electron chi connectivity index (χ1n) is 11.8. The van der Waals surface area contributed by atoms with Gasteiger partial charge in [0.15, 0.2) is 6.61 Å². The zero-order valence-electron chi connectivity index (χ0n) is 20.5. The van der Waals surface area contributed by atoms with Gasteiger partial charge in [0.05, 0.1) is 0 Å². The minimum atomic E-state index is -0.725. The second-order valence-electron chi connectivity index (χ2n) is 8.32. The number of anilines is 2. The minimum absolute atomic E-state index is 0.0384. The molecule has 0 saturated carbocycles. The average molecular weight is 517 g/mol. The van der Waals surface area contributed by atoms with Crippen LogP contribution >= 0.6 is 0 Å². The van der Waals surface area contributed by atoms with Gasteiger partial charge in [-0.1, -0.05) is 43.3 Å². The van der Waals surface area contributed by atoms with Crippen molar-refractivity contribution in [3.8, 4) is 5.75 Å². The van der Waals surface area contributed by atoms with E-state index in [9.17, 15) is 23.6 Å². The van der Waals surface area contributed by atoms with E-state index in [1.165, 1.54) is 30.3 Å². The fourth-order valence-corrected chi connectivity index (χ4v) is 3.76. The fraction of sp³-hybridized carbons (Fsp3) is 0.143. The summed E-state index contributed by atoms with van der Waals surface area (Å²) in [5.41, 5.74) is 2.37. The average Bonchev–Trinajstić information content (AvgIpc) is 3.17. The zero-order valence-corrected chi connectivity index (χ0v) is 20.5. The maximum Gasteiger partial charge on any atom is 0.329 e. The summed E-state index contributed by atoms with van der Waals surface area (Å²) in [6.45, 7) is 1.16. The van der Waals surface area contributed by atoms with Crippen LogP contribution < -0.4 is 20.7 Å². The molecule has 194 valence electrons. The van der Waals surface area contributed by atoms with Crippen molar-refractivity contribution in [2.75, 3.05) is 23.8 Å². The molecule has 1 saturated heterocycles. The molecule has 3 N–H and O–H groups in total. The lowest BCUT2D eigenvalue weighted by atomic mass is 10.1. The molecule has 1 fully saturated rings. The van der Waals surface area contributed by atoms with Crippen molar-refractivity contribution in [2.45, 2.75) is 13.3 Å². The quantitative estimate of drug-likeness (QED) is 0.294. The highest BCUT2D eigenvalue weighted by Crippen LogP contribution is 2.23. The number of amides is 5. The maximum atomic E-state index is 13.0. The largest absolute Gasteiger partial charge is 0.483 e. The van der Waals surface area contributed by atoms with Gasteiger partial charge in [-0.05, 0) is 54.5 Å². The van der Waals surface area contributed by atoms with Gasteiger partial charge in [-0.25, -0.2) is 14.1 Å². The molecule has 3 aromatic rings. The van der Waals surface area contributed by atoms with E-state index in [0.29, 0.717) is 29.1 Å². The molecule has 0 unspecified atom stereocenters. The number of rotatable bonds is 9. The zero-order chi connectivity index (χ0) is 27.1. The van der Waals surface area contributed by atoms with Gasteiger partial charge < -0.3 is 20.7 Å². The third kappa shape index (κ3) is 6.41. The van der Waals surface area contributed by atoms with E-state index in [1.54, 1.807) is 36.4 Å². The van der Waals surface area contributed by atoms with Crippen molar-refractivity contribution < 1.29 is 28.3 Å². The normalized spacial score (nSPS) is 13.8. The van der Waals surface area contributed by atoms with Gasteiger partial charge in [0.2, 0.25) is 5.91 Å². The second kappa shape index (κ2) is 11.8. The smallest absolute Gasteiger partial charge is 0.329 e. The number of nitrogens with one attached hydrogen (secondary N) is 3. The topological polar surface area (TPSA) is 117 Å². The number of aryl methyl sites for hydroxylation is 1. The number of hydrogen-bond donors (Lipinski definition) is 3. The highest BCUT2D eigenvalue weighted by molar-refractivity contribution is 6.16. The van der Waals surface area contributed by atoms with Crippen molar-refractivity contribution >= 4 is 41.2 Å². The Hall–Kier alpha value is -4.99. The molecule has 10 heteroatoms. The molecule has 0 bridgehead atoms. The molecule has 1 aliphatic heterocycles. The van der Waals surface area contributed by atoms with E-state index < -0.39 is 36.1 Å². The number of carbonyl (C=O) groups excluding carboxylic acids is 4. The molecule has 1 aliphatic rings. The Balaban J connectivity index is 1.40. The van der Waals surface area contributed by atoms with Crippen molar-refractivity contribution in [1.82, 2.24) is 10.2 Å². The Bertz CT molecular complexity index is 1400. The number of ether oxygens (including phenoxy) is 1. The molecule has 0 atom stereocenters. The number of imide groups is 1. The second-order valence-corrected chi connectivity index (χ2v) is 8.32. The van der Waals surface area contributed by atoms with Crippen molar-refractivity contribution in [3.63, 3.8) is 0 Å². The van der Waals surface area contributed by atoms with Crippen LogP contribution in [0, 0.1) is 5.82 Å². The first-order chi connectivity index (χ1) is 18.3. The molecule has 0 radical (unpaired) electrons. The van der Waals surface area contributed by atoms with E-state index in [2.05, 4.69) is 16.0 Å². The standard InChI is InChI=1S/C28H25FN4O5/c1-2-18-7-3-5-9-22(18)31-25(34)16-33-27(36)23(32-28(33)37)15-19-8-4-6-10-24(19)38-17-26(35)30-21-13-11-20(29)12-14-21/h3-15H,2,16-17H2,1H3,(H,30,35)(H,31,34)(H,32,37)/b23-15+. The predicted molar refractivity (Wildman–Crippen MR) is 140 cm³/mol. The molecule has 5 amide bonds. The molecule has 4 rings (SSSR count). The number of urea groups is 1. The van der Waals surface area contributed by atoms with Gasteiger partial charge in [-0.15, -0.1) is 0 Å². The van der Waals surface area contributed by atoms with Crippen LogP contribution in [0.5, 0.6) is 5.75 Å². The number of halogens is 1. The molecule has 38 heavy (non-hydrogen) atoms. The molecule has 9 nitrogen and oxygen atoms in total. The van der Waals surface area contributed by atoms with Crippen molar-refractivity contribution in [2.24, 2.45) is 0 Å². The summed E-state index contributed by atoms with van der Waals surface area (Å²) >= 11 is 0. The number of hydrogen-bond acceptors (Lipinski definition) is 5. The van der Waals surface area contributed by atoms with Crippen molar-refractivity contribution in [3.05, 3.63) is 95.4 Å². The highest BCUT2D eigenvalue weighted by Gasteiger charge is 2.35. The first kappa shape index (κ1) is 26.1. The van der Waals surface area contributed by atoms with E-state index in [4.69, 9.17) is 4.74 Å². The molecule has 0 aromatic heterocycles. The van der Waals surface area contributed by atoms with Gasteiger partial charge in [-0.3, -0.25) is 14.4 Å². The molecular weight excluding hydrogens is 491 g/mol. The van der Waals surface area contributed by atoms with Crippen LogP contribution in [0.1, 0.15) is 18.1 Å². The van der Waals surface area contributed by atoms with E-state index in [0.717, 1.165) is 10.5 Å². The Morgan fingerprint density at radius 3 is 2.42 bits per heavy atom. The summed E-state index contributed by atoms with van der Waals surface area (Å²) in [6.07, 6.45) is 2.12. The summed E-state index contributed by atoms with van der Waals surface area (Å²) in [4.78, 5) is 51.0. The molecule has 1 heterocycles. The third-order valence-electron chi connectivity index (χ3n) is 5.64. The maximum absolute atomic E-state index is 13.0.